The molecule has 7 rings (SSSR count). The van der Waals surface area contributed by atoms with E-state index in [0.717, 1.165) is 63.1 Å². The van der Waals surface area contributed by atoms with E-state index in [9.17, 15) is 0 Å². The van der Waals surface area contributed by atoms with Crippen molar-refractivity contribution in [1.82, 2.24) is 24.8 Å². The van der Waals surface area contributed by atoms with Crippen molar-refractivity contribution in [1.29, 1.82) is 0 Å². The zero-order valence-electron chi connectivity index (χ0n) is 23.6. The van der Waals surface area contributed by atoms with E-state index in [4.69, 9.17) is 14.2 Å². The zero-order chi connectivity index (χ0) is 27.6. The number of nitrogens with one attached hydrogen (secondary N) is 1. The molecular weight excluding hydrogens is 514 g/mol. The summed E-state index contributed by atoms with van der Waals surface area (Å²) in [6, 6.07) is 12.6. The fraction of sp³-hybridized carbons (Fsp3) is 0.455. The molecule has 1 unspecified atom stereocenters. The van der Waals surface area contributed by atoms with Crippen molar-refractivity contribution in [3.05, 3.63) is 55.0 Å². The molecule has 1 N–H and O–H groups in total. The first-order valence-corrected chi connectivity index (χ1v) is 14.8. The molecule has 3 fully saturated rings. The molecule has 1 aliphatic carbocycles. The number of piperidine rings is 1. The quantitative estimate of drug-likeness (QED) is 0.330. The Balaban J connectivity index is 0.850. The smallest absolute Gasteiger partial charge is 0.213 e. The van der Waals surface area contributed by atoms with Gasteiger partial charge in [0.05, 0.1) is 30.4 Å². The standard InChI is InChI=1S/C33H37N5O3/c1-37-31-10-11-34-21-30(31)29-8-6-23(15-32(29)37)24-7-9-33(36-18-24)41-27-16-26(17-27)39-14-3-2-12-38-13-4-5-25(22-38)40-28-19-35-20-28/h6-11,15,18,21,25-28,35H,4-5,12-14,16-17,19-20,22H2,1H3/t25?,26-,27-. The molecule has 1 saturated carbocycles. The molecule has 2 saturated heterocycles. The molecule has 4 aromatic rings. The Morgan fingerprint density at radius 2 is 1.83 bits per heavy atom. The molecule has 3 aliphatic rings. The maximum Gasteiger partial charge on any atom is 0.213 e. The van der Waals surface area contributed by atoms with Crippen LogP contribution in [0.15, 0.2) is 55.0 Å². The highest BCUT2D eigenvalue weighted by atomic mass is 16.5. The Hall–Kier alpha value is -3.48. The molecule has 2 aliphatic heterocycles. The predicted molar refractivity (Wildman–Crippen MR) is 160 cm³/mol. The van der Waals surface area contributed by atoms with E-state index in [1.165, 1.54) is 28.2 Å². The van der Waals surface area contributed by atoms with Crippen molar-refractivity contribution in [2.24, 2.45) is 7.05 Å². The van der Waals surface area contributed by atoms with Gasteiger partial charge in [0.2, 0.25) is 5.88 Å². The molecule has 3 aromatic heterocycles. The Labute approximate surface area is 241 Å². The van der Waals surface area contributed by atoms with Gasteiger partial charge in [-0.3, -0.25) is 9.88 Å². The molecule has 8 nitrogen and oxygen atoms in total. The summed E-state index contributed by atoms with van der Waals surface area (Å²) in [5, 5.41) is 5.66. The first-order chi connectivity index (χ1) is 20.2. The van der Waals surface area contributed by atoms with Crippen LogP contribution >= 0.6 is 0 Å². The van der Waals surface area contributed by atoms with E-state index >= 15 is 0 Å². The molecule has 5 heterocycles. The van der Waals surface area contributed by atoms with E-state index in [1.807, 2.05) is 24.7 Å². The number of aryl methyl sites for hydroxylation is 1. The summed E-state index contributed by atoms with van der Waals surface area (Å²) in [6.07, 6.45) is 10.9. The normalized spacial score (nSPS) is 23.1. The minimum atomic E-state index is 0.142. The van der Waals surface area contributed by atoms with Crippen LogP contribution in [0.25, 0.3) is 32.9 Å². The topological polar surface area (TPSA) is 73.7 Å². The van der Waals surface area contributed by atoms with Gasteiger partial charge in [-0.15, -0.1) is 0 Å². The van der Waals surface area contributed by atoms with Crippen molar-refractivity contribution in [3.8, 4) is 28.8 Å². The van der Waals surface area contributed by atoms with Crippen LogP contribution in [0.1, 0.15) is 25.7 Å². The van der Waals surface area contributed by atoms with Crippen LogP contribution in [-0.2, 0) is 16.5 Å². The molecule has 0 radical (unpaired) electrons. The molecular formula is C33H37N5O3. The number of ether oxygens (including phenoxy) is 3. The second-order valence-electron chi connectivity index (χ2n) is 11.5. The zero-order valence-corrected chi connectivity index (χ0v) is 23.6. The molecule has 8 heteroatoms. The minimum absolute atomic E-state index is 0.142. The number of fused-ring (bicyclic) bond motifs is 3. The average Bonchev–Trinajstić information content (AvgIpc) is 3.25. The Morgan fingerprint density at radius 3 is 2.66 bits per heavy atom. The lowest BCUT2D eigenvalue weighted by atomic mass is 9.92. The first-order valence-electron chi connectivity index (χ1n) is 14.8. The van der Waals surface area contributed by atoms with Crippen LogP contribution in [0.4, 0.5) is 0 Å². The fourth-order valence-corrected chi connectivity index (χ4v) is 6.05. The Bertz CT molecular complexity index is 1560. The Kier molecular flexibility index (Phi) is 7.60. The van der Waals surface area contributed by atoms with E-state index in [2.05, 4.69) is 74.0 Å². The monoisotopic (exact) mass is 551 g/mol. The average molecular weight is 552 g/mol. The summed E-state index contributed by atoms with van der Waals surface area (Å²) >= 11 is 0. The van der Waals surface area contributed by atoms with Crippen LogP contribution < -0.4 is 10.1 Å². The predicted octanol–water partition coefficient (Wildman–Crippen LogP) is 4.17. The van der Waals surface area contributed by atoms with Crippen LogP contribution in [0.3, 0.4) is 0 Å². The molecule has 41 heavy (non-hydrogen) atoms. The van der Waals surface area contributed by atoms with Gasteiger partial charge < -0.3 is 24.1 Å². The van der Waals surface area contributed by atoms with Gasteiger partial charge in [-0.25, -0.2) is 4.98 Å². The molecule has 0 spiro atoms. The second-order valence-corrected chi connectivity index (χ2v) is 11.5. The number of aromatic nitrogens is 3. The molecule has 1 atom stereocenters. The second kappa shape index (κ2) is 11.8. The summed E-state index contributed by atoms with van der Waals surface area (Å²) in [5.74, 6) is 7.14. The van der Waals surface area contributed by atoms with E-state index in [-0.39, 0.29) is 12.2 Å². The van der Waals surface area contributed by atoms with E-state index in [1.54, 1.807) is 0 Å². The molecule has 212 valence electrons. The minimum Gasteiger partial charge on any atom is -0.474 e. The van der Waals surface area contributed by atoms with Gasteiger partial charge in [-0.05, 0) is 43.1 Å². The summed E-state index contributed by atoms with van der Waals surface area (Å²) < 4.78 is 20.4. The van der Waals surface area contributed by atoms with E-state index in [0.29, 0.717) is 24.7 Å². The highest BCUT2D eigenvalue weighted by Gasteiger charge is 2.32. The summed E-state index contributed by atoms with van der Waals surface area (Å²) in [4.78, 5) is 11.3. The van der Waals surface area contributed by atoms with Gasteiger partial charge in [-0.2, -0.15) is 0 Å². The van der Waals surface area contributed by atoms with Gasteiger partial charge in [-0.1, -0.05) is 24.0 Å². The number of hydrogen-bond donors (Lipinski definition) is 1. The highest BCUT2D eigenvalue weighted by molar-refractivity contribution is 6.08. The summed E-state index contributed by atoms with van der Waals surface area (Å²) in [6.45, 7) is 5.34. The van der Waals surface area contributed by atoms with E-state index < -0.39 is 0 Å². The van der Waals surface area contributed by atoms with Crippen LogP contribution in [-0.4, -0.2) is 83.2 Å². The molecule has 0 amide bonds. The van der Waals surface area contributed by atoms with Gasteiger partial charge in [0.25, 0.3) is 0 Å². The Morgan fingerprint density at radius 1 is 0.927 bits per heavy atom. The largest absolute Gasteiger partial charge is 0.474 e. The third-order valence-corrected chi connectivity index (χ3v) is 8.63. The lowest BCUT2D eigenvalue weighted by Gasteiger charge is -2.36. The van der Waals surface area contributed by atoms with Crippen LogP contribution in [0.2, 0.25) is 0 Å². The number of benzene rings is 1. The maximum atomic E-state index is 6.15. The SMILES string of the molecule is Cn1c2ccncc2c2ccc(-c3ccc(O[C@H]4C[C@H](OCC#CCN5CCCC(OC6CNC6)C5)C4)nc3)cc21. The van der Waals surface area contributed by atoms with Gasteiger partial charge in [0.15, 0.2) is 0 Å². The third-order valence-electron chi connectivity index (χ3n) is 8.63. The van der Waals surface area contributed by atoms with Crippen molar-refractivity contribution < 1.29 is 14.2 Å². The first kappa shape index (κ1) is 26.4. The van der Waals surface area contributed by atoms with Gasteiger partial charge in [0, 0.05) is 86.0 Å². The molecule has 1 aromatic carbocycles. The maximum absolute atomic E-state index is 6.15. The van der Waals surface area contributed by atoms with Crippen LogP contribution in [0, 0.1) is 11.8 Å². The van der Waals surface area contributed by atoms with Gasteiger partial charge in [0.1, 0.15) is 12.7 Å². The lowest BCUT2D eigenvalue weighted by Crippen LogP contribution is -2.52. The van der Waals surface area contributed by atoms with Crippen molar-refractivity contribution in [2.75, 3.05) is 39.3 Å². The number of hydrogen-bond acceptors (Lipinski definition) is 7. The number of likely N-dealkylation sites (tertiary alicyclic amines) is 1. The lowest BCUT2D eigenvalue weighted by molar-refractivity contribution is -0.0647. The van der Waals surface area contributed by atoms with Crippen molar-refractivity contribution >= 4 is 21.8 Å². The number of pyridine rings is 2. The number of rotatable bonds is 8. The highest BCUT2D eigenvalue weighted by Crippen LogP contribution is 2.32. The third kappa shape index (κ3) is 5.81. The van der Waals surface area contributed by atoms with Crippen molar-refractivity contribution in [3.63, 3.8) is 0 Å². The molecule has 0 bridgehead atoms. The summed E-state index contributed by atoms with van der Waals surface area (Å²) in [5.41, 5.74) is 4.57. The summed E-state index contributed by atoms with van der Waals surface area (Å²) in [7, 11) is 2.10. The fourth-order valence-electron chi connectivity index (χ4n) is 6.05. The van der Waals surface area contributed by atoms with Gasteiger partial charge >= 0.3 is 0 Å². The van der Waals surface area contributed by atoms with Crippen LogP contribution in [0.5, 0.6) is 5.88 Å². The number of nitrogens with zero attached hydrogens (tertiary/aromatic N) is 4. The van der Waals surface area contributed by atoms with Crippen molar-refractivity contribution in [2.45, 2.75) is 50.1 Å².